The van der Waals surface area contributed by atoms with Crippen molar-refractivity contribution in [1.82, 2.24) is 19.5 Å². The SMILES string of the molecule is Cc1nc(-c2ccc(S(=O)(=O)NCCc3ccc(-c4ccnn4C)cc3)cc2)co1. The minimum atomic E-state index is -3.58. The lowest BCUT2D eigenvalue weighted by Gasteiger charge is -2.08. The third kappa shape index (κ3) is 4.34. The van der Waals surface area contributed by atoms with Crippen molar-refractivity contribution in [3.63, 3.8) is 0 Å². The number of sulfonamides is 1. The largest absolute Gasteiger partial charge is 0.449 e. The fourth-order valence-corrected chi connectivity index (χ4v) is 4.25. The summed E-state index contributed by atoms with van der Waals surface area (Å²) in [5.41, 5.74) is 4.65. The molecule has 4 aromatic rings. The van der Waals surface area contributed by atoms with Gasteiger partial charge in [0, 0.05) is 32.3 Å². The summed E-state index contributed by atoms with van der Waals surface area (Å²) in [5, 5.41) is 4.18. The number of nitrogens with one attached hydrogen (secondary N) is 1. The molecule has 4 rings (SSSR count). The van der Waals surface area contributed by atoms with Gasteiger partial charge in [0.2, 0.25) is 10.0 Å². The zero-order valence-corrected chi connectivity index (χ0v) is 17.6. The molecule has 8 heteroatoms. The molecule has 154 valence electrons. The second-order valence-electron chi connectivity index (χ2n) is 6.96. The first-order valence-electron chi connectivity index (χ1n) is 9.52. The monoisotopic (exact) mass is 422 g/mol. The van der Waals surface area contributed by atoms with Gasteiger partial charge in [0.15, 0.2) is 5.89 Å². The fourth-order valence-electron chi connectivity index (χ4n) is 3.21. The summed E-state index contributed by atoms with van der Waals surface area (Å²) in [6.45, 7) is 2.08. The normalized spacial score (nSPS) is 11.7. The molecule has 0 atom stereocenters. The Bertz CT molecular complexity index is 1240. The van der Waals surface area contributed by atoms with Crippen LogP contribution in [0.5, 0.6) is 0 Å². The van der Waals surface area contributed by atoms with E-state index in [2.05, 4.69) is 14.8 Å². The van der Waals surface area contributed by atoms with Gasteiger partial charge in [-0.15, -0.1) is 0 Å². The molecule has 0 radical (unpaired) electrons. The van der Waals surface area contributed by atoms with Crippen molar-refractivity contribution in [2.75, 3.05) is 6.54 Å². The Balaban J connectivity index is 1.36. The lowest BCUT2D eigenvalue weighted by Crippen LogP contribution is -2.25. The van der Waals surface area contributed by atoms with E-state index in [-0.39, 0.29) is 4.90 Å². The van der Waals surface area contributed by atoms with Gasteiger partial charge in [0.05, 0.1) is 10.6 Å². The second-order valence-corrected chi connectivity index (χ2v) is 8.73. The van der Waals surface area contributed by atoms with Crippen LogP contribution in [0.1, 0.15) is 11.5 Å². The van der Waals surface area contributed by atoms with Crippen LogP contribution >= 0.6 is 0 Å². The van der Waals surface area contributed by atoms with E-state index in [4.69, 9.17) is 4.42 Å². The first-order chi connectivity index (χ1) is 14.4. The number of nitrogens with zero attached hydrogens (tertiary/aromatic N) is 3. The van der Waals surface area contributed by atoms with Crippen LogP contribution in [-0.4, -0.2) is 29.7 Å². The lowest BCUT2D eigenvalue weighted by atomic mass is 10.1. The Morgan fingerprint density at radius 3 is 2.30 bits per heavy atom. The lowest BCUT2D eigenvalue weighted by molar-refractivity contribution is 0.521. The standard InChI is InChI=1S/C22H22N4O3S/c1-16-25-21(15-29-16)18-7-9-20(10-8-18)30(27,28)24-14-11-17-3-5-19(6-4-17)22-12-13-23-26(22)2/h3-10,12-13,15,24H,11,14H2,1-2H3. The molecule has 2 aromatic carbocycles. The van der Waals surface area contributed by atoms with E-state index in [9.17, 15) is 8.42 Å². The molecular formula is C22H22N4O3S. The van der Waals surface area contributed by atoms with Gasteiger partial charge in [-0.2, -0.15) is 5.10 Å². The van der Waals surface area contributed by atoms with Gasteiger partial charge in [0.25, 0.3) is 0 Å². The van der Waals surface area contributed by atoms with Crippen LogP contribution in [0.2, 0.25) is 0 Å². The molecule has 0 fully saturated rings. The average molecular weight is 423 g/mol. The molecule has 1 N–H and O–H groups in total. The predicted octanol–water partition coefficient (Wildman–Crippen LogP) is 3.57. The third-order valence-electron chi connectivity index (χ3n) is 4.86. The van der Waals surface area contributed by atoms with Crippen LogP contribution in [0.3, 0.4) is 0 Å². The average Bonchev–Trinajstić information content (AvgIpc) is 3.37. The summed E-state index contributed by atoms with van der Waals surface area (Å²) in [7, 11) is -1.68. The molecular weight excluding hydrogens is 400 g/mol. The summed E-state index contributed by atoms with van der Waals surface area (Å²) >= 11 is 0. The Morgan fingerprint density at radius 1 is 1.00 bits per heavy atom. The Morgan fingerprint density at radius 2 is 1.70 bits per heavy atom. The highest BCUT2D eigenvalue weighted by atomic mass is 32.2. The van der Waals surface area contributed by atoms with Gasteiger partial charge < -0.3 is 4.42 Å². The zero-order chi connectivity index (χ0) is 21.1. The first-order valence-corrected chi connectivity index (χ1v) is 11.0. The maximum absolute atomic E-state index is 12.6. The summed E-state index contributed by atoms with van der Waals surface area (Å²) < 4.78 is 34.8. The molecule has 0 aliphatic rings. The van der Waals surface area contributed by atoms with Crippen LogP contribution in [0, 0.1) is 6.92 Å². The summed E-state index contributed by atoms with van der Waals surface area (Å²) in [4.78, 5) is 4.47. The topological polar surface area (TPSA) is 90.0 Å². The number of aromatic nitrogens is 3. The van der Waals surface area contributed by atoms with Gasteiger partial charge in [-0.1, -0.05) is 36.4 Å². The fraction of sp³-hybridized carbons (Fsp3) is 0.182. The Labute approximate surface area is 175 Å². The number of benzene rings is 2. The number of rotatable bonds is 7. The highest BCUT2D eigenvalue weighted by molar-refractivity contribution is 7.89. The van der Waals surface area contributed by atoms with E-state index >= 15 is 0 Å². The second kappa shape index (κ2) is 8.25. The van der Waals surface area contributed by atoms with Crippen LogP contribution < -0.4 is 4.72 Å². The van der Waals surface area contributed by atoms with Crippen molar-refractivity contribution >= 4 is 10.0 Å². The van der Waals surface area contributed by atoms with E-state index in [1.807, 2.05) is 42.1 Å². The van der Waals surface area contributed by atoms with Gasteiger partial charge in [0.1, 0.15) is 12.0 Å². The molecule has 0 aliphatic heterocycles. The number of hydrogen-bond acceptors (Lipinski definition) is 5. The molecule has 2 heterocycles. The molecule has 0 aliphatic carbocycles. The van der Waals surface area contributed by atoms with Crippen molar-refractivity contribution < 1.29 is 12.8 Å². The molecule has 7 nitrogen and oxygen atoms in total. The van der Waals surface area contributed by atoms with Gasteiger partial charge in [-0.25, -0.2) is 18.1 Å². The van der Waals surface area contributed by atoms with E-state index in [0.29, 0.717) is 24.6 Å². The van der Waals surface area contributed by atoms with Crippen LogP contribution in [0.4, 0.5) is 0 Å². The quantitative estimate of drug-likeness (QED) is 0.492. The Hall–Kier alpha value is -3.23. The van der Waals surface area contributed by atoms with Crippen molar-refractivity contribution in [3.05, 3.63) is 78.5 Å². The van der Waals surface area contributed by atoms with E-state index < -0.39 is 10.0 Å². The minimum Gasteiger partial charge on any atom is -0.449 e. The molecule has 30 heavy (non-hydrogen) atoms. The van der Waals surface area contributed by atoms with Crippen molar-refractivity contribution in [1.29, 1.82) is 0 Å². The maximum Gasteiger partial charge on any atom is 0.240 e. The molecule has 0 unspecified atom stereocenters. The van der Waals surface area contributed by atoms with Crippen LogP contribution in [0.25, 0.3) is 22.5 Å². The molecule has 2 aromatic heterocycles. The van der Waals surface area contributed by atoms with Gasteiger partial charge >= 0.3 is 0 Å². The number of hydrogen-bond donors (Lipinski definition) is 1. The predicted molar refractivity (Wildman–Crippen MR) is 114 cm³/mol. The third-order valence-corrected chi connectivity index (χ3v) is 6.33. The smallest absolute Gasteiger partial charge is 0.240 e. The number of oxazole rings is 1. The summed E-state index contributed by atoms with van der Waals surface area (Å²) in [6, 6.07) is 16.6. The first kappa shape index (κ1) is 20.1. The molecule has 0 amide bonds. The van der Waals surface area contributed by atoms with Crippen molar-refractivity contribution in [3.8, 4) is 22.5 Å². The van der Waals surface area contributed by atoms with Gasteiger partial charge in [-0.3, -0.25) is 4.68 Å². The number of aryl methyl sites for hydroxylation is 2. The van der Waals surface area contributed by atoms with E-state index in [0.717, 1.165) is 22.4 Å². The van der Waals surface area contributed by atoms with Crippen LogP contribution in [-0.2, 0) is 23.5 Å². The van der Waals surface area contributed by atoms with E-state index in [1.54, 1.807) is 43.6 Å². The molecule has 0 saturated carbocycles. The molecule has 0 spiro atoms. The maximum atomic E-state index is 12.6. The molecule has 0 bridgehead atoms. The van der Waals surface area contributed by atoms with Gasteiger partial charge in [-0.05, 0) is 35.7 Å². The highest BCUT2D eigenvalue weighted by Gasteiger charge is 2.14. The van der Waals surface area contributed by atoms with E-state index in [1.165, 1.54) is 0 Å². The Kier molecular flexibility index (Phi) is 5.52. The summed E-state index contributed by atoms with van der Waals surface area (Å²) in [6.07, 6.45) is 3.91. The van der Waals surface area contributed by atoms with Crippen LogP contribution in [0.15, 0.2) is 76.4 Å². The van der Waals surface area contributed by atoms with Crippen molar-refractivity contribution in [2.45, 2.75) is 18.2 Å². The van der Waals surface area contributed by atoms with Crippen molar-refractivity contribution in [2.24, 2.45) is 7.05 Å². The highest BCUT2D eigenvalue weighted by Crippen LogP contribution is 2.21. The minimum absolute atomic E-state index is 0.220. The zero-order valence-electron chi connectivity index (χ0n) is 16.7. The summed E-state index contributed by atoms with van der Waals surface area (Å²) in [5.74, 6) is 0.566. The molecule has 0 saturated heterocycles.